The van der Waals surface area contributed by atoms with Crippen LogP contribution >= 0.6 is 0 Å². The summed E-state index contributed by atoms with van der Waals surface area (Å²) in [6.45, 7) is 4.44. The van der Waals surface area contributed by atoms with Gasteiger partial charge >= 0.3 is 0 Å². The zero-order valence-corrected chi connectivity index (χ0v) is 10.6. The highest BCUT2D eigenvalue weighted by Crippen LogP contribution is 2.23. The maximum absolute atomic E-state index is 4.15. The third-order valence-electron chi connectivity index (χ3n) is 3.30. The molecule has 1 unspecified atom stereocenters. The molecule has 88 valence electrons. The number of rotatable bonds is 4. The lowest BCUT2D eigenvalue weighted by atomic mass is 9.92. The summed E-state index contributed by atoms with van der Waals surface area (Å²) in [6.07, 6.45) is 6.17. The summed E-state index contributed by atoms with van der Waals surface area (Å²) in [7, 11) is 0. The summed E-state index contributed by atoms with van der Waals surface area (Å²) >= 11 is 0. The van der Waals surface area contributed by atoms with Gasteiger partial charge in [0, 0.05) is 12.4 Å². The third kappa shape index (κ3) is 3.16. The van der Waals surface area contributed by atoms with Gasteiger partial charge in [-0.2, -0.15) is 0 Å². The van der Waals surface area contributed by atoms with Crippen LogP contribution in [0.3, 0.4) is 0 Å². The van der Waals surface area contributed by atoms with Crippen molar-refractivity contribution in [3.8, 4) is 0 Å². The normalized spacial score (nSPS) is 12.4. The van der Waals surface area contributed by atoms with Crippen molar-refractivity contribution in [3.63, 3.8) is 0 Å². The second-order valence-corrected chi connectivity index (χ2v) is 4.66. The van der Waals surface area contributed by atoms with Crippen LogP contribution in [-0.2, 0) is 6.42 Å². The molecule has 1 aromatic heterocycles. The van der Waals surface area contributed by atoms with Crippen molar-refractivity contribution in [1.29, 1.82) is 0 Å². The molecular weight excluding hydrogens is 206 g/mol. The number of nitrogens with zero attached hydrogens (tertiary/aromatic N) is 1. The van der Waals surface area contributed by atoms with E-state index in [-0.39, 0.29) is 0 Å². The molecule has 0 bridgehead atoms. The fourth-order valence-electron chi connectivity index (χ4n) is 2.22. The first-order valence-corrected chi connectivity index (χ1v) is 6.22. The van der Waals surface area contributed by atoms with E-state index in [1.165, 1.54) is 23.1 Å². The monoisotopic (exact) mass is 225 g/mol. The molecule has 0 saturated heterocycles. The standard InChI is InChI=1S/C16H19N/c1-13(16-10-11-17-12-14(16)2)8-9-15-6-4-3-5-7-15/h3-7,10-13H,8-9H2,1-2H3. The van der Waals surface area contributed by atoms with E-state index in [1.54, 1.807) is 0 Å². The Morgan fingerprint density at radius 3 is 2.59 bits per heavy atom. The largest absolute Gasteiger partial charge is 0.264 e. The Morgan fingerprint density at radius 2 is 1.88 bits per heavy atom. The van der Waals surface area contributed by atoms with E-state index < -0.39 is 0 Å². The van der Waals surface area contributed by atoms with Crippen LogP contribution in [0.1, 0.15) is 36.0 Å². The van der Waals surface area contributed by atoms with Crippen molar-refractivity contribution in [2.24, 2.45) is 0 Å². The molecule has 0 N–H and O–H groups in total. The van der Waals surface area contributed by atoms with Crippen LogP contribution in [0, 0.1) is 6.92 Å². The van der Waals surface area contributed by atoms with Gasteiger partial charge < -0.3 is 0 Å². The van der Waals surface area contributed by atoms with Crippen LogP contribution < -0.4 is 0 Å². The summed E-state index contributed by atoms with van der Waals surface area (Å²) < 4.78 is 0. The second kappa shape index (κ2) is 5.62. The van der Waals surface area contributed by atoms with Gasteiger partial charge in [-0.25, -0.2) is 0 Å². The summed E-state index contributed by atoms with van der Waals surface area (Å²) in [5.74, 6) is 0.596. The maximum Gasteiger partial charge on any atom is 0.0299 e. The predicted octanol–water partition coefficient (Wildman–Crippen LogP) is 4.13. The van der Waals surface area contributed by atoms with E-state index in [1.807, 2.05) is 12.4 Å². The van der Waals surface area contributed by atoms with E-state index in [2.05, 4.69) is 55.2 Å². The fraction of sp³-hybridized carbons (Fsp3) is 0.312. The summed E-state index contributed by atoms with van der Waals surface area (Å²) in [5.41, 5.74) is 4.15. The van der Waals surface area contributed by atoms with Gasteiger partial charge in [0.15, 0.2) is 0 Å². The number of aryl methyl sites for hydroxylation is 2. The zero-order chi connectivity index (χ0) is 12.1. The lowest BCUT2D eigenvalue weighted by Crippen LogP contribution is -1.99. The molecule has 0 saturated carbocycles. The minimum absolute atomic E-state index is 0.596. The SMILES string of the molecule is Cc1cnccc1C(C)CCc1ccccc1. The average Bonchev–Trinajstić information content (AvgIpc) is 2.38. The van der Waals surface area contributed by atoms with Crippen molar-refractivity contribution < 1.29 is 0 Å². The van der Waals surface area contributed by atoms with Crippen molar-refractivity contribution in [3.05, 3.63) is 65.5 Å². The Hall–Kier alpha value is -1.63. The zero-order valence-electron chi connectivity index (χ0n) is 10.6. The molecule has 1 heterocycles. The molecule has 0 fully saturated rings. The number of pyridine rings is 1. The first-order valence-electron chi connectivity index (χ1n) is 6.22. The Kier molecular flexibility index (Phi) is 3.92. The van der Waals surface area contributed by atoms with Crippen LogP contribution in [0.5, 0.6) is 0 Å². The van der Waals surface area contributed by atoms with Crippen molar-refractivity contribution in [2.75, 3.05) is 0 Å². The molecule has 0 amide bonds. The van der Waals surface area contributed by atoms with Crippen molar-refractivity contribution >= 4 is 0 Å². The summed E-state index contributed by atoms with van der Waals surface area (Å²) in [6, 6.07) is 12.8. The molecular formula is C16H19N. The second-order valence-electron chi connectivity index (χ2n) is 4.66. The molecule has 2 aromatic rings. The highest BCUT2D eigenvalue weighted by Gasteiger charge is 2.08. The third-order valence-corrected chi connectivity index (χ3v) is 3.30. The molecule has 0 aliphatic rings. The first-order chi connectivity index (χ1) is 8.27. The van der Waals surface area contributed by atoms with E-state index in [0.29, 0.717) is 5.92 Å². The van der Waals surface area contributed by atoms with E-state index in [9.17, 15) is 0 Å². The molecule has 17 heavy (non-hydrogen) atoms. The van der Waals surface area contributed by atoms with Gasteiger partial charge in [0.25, 0.3) is 0 Å². The van der Waals surface area contributed by atoms with Gasteiger partial charge in [-0.1, -0.05) is 37.3 Å². The van der Waals surface area contributed by atoms with Crippen LogP contribution in [0.2, 0.25) is 0 Å². The quantitative estimate of drug-likeness (QED) is 0.762. The lowest BCUT2D eigenvalue weighted by Gasteiger charge is -2.14. The van der Waals surface area contributed by atoms with Gasteiger partial charge in [-0.05, 0) is 48.4 Å². The van der Waals surface area contributed by atoms with Crippen LogP contribution in [0.25, 0.3) is 0 Å². The molecule has 0 aliphatic carbocycles. The van der Waals surface area contributed by atoms with Gasteiger partial charge in [-0.3, -0.25) is 4.98 Å². The minimum Gasteiger partial charge on any atom is -0.264 e. The van der Waals surface area contributed by atoms with Crippen molar-refractivity contribution in [1.82, 2.24) is 4.98 Å². The molecule has 1 heteroatoms. The van der Waals surface area contributed by atoms with Crippen LogP contribution in [0.4, 0.5) is 0 Å². The molecule has 1 nitrogen and oxygen atoms in total. The number of aromatic nitrogens is 1. The van der Waals surface area contributed by atoms with Crippen LogP contribution in [0.15, 0.2) is 48.8 Å². The predicted molar refractivity (Wildman–Crippen MR) is 72.2 cm³/mol. The Morgan fingerprint density at radius 1 is 1.12 bits per heavy atom. The average molecular weight is 225 g/mol. The first kappa shape index (κ1) is 11.8. The molecule has 0 spiro atoms. The highest BCUT2D eigenvalue weighted by molar-refractivity contribution is 5.25. The Balaban J connectivity index is 1.99. The van der Waals surface area contributed by atoms with Crippen LogP contribution in [-0.4, -0.2) is 4.98 Å². The van der Waals surface area contributed by atoms with E-state index >= 15 is 0 Å². The van der Waals surface area contributed by atoms with Gasteiger partial charge in [0.2, 0.25) is 0 Å². The molecule has 1 atom stereocenters. The van der Waals surface area contributed by atoms with E-state index in [0.717, 1.165) is 6.42 Å². The molecule has 0 aliphatic heterocycles. The minimum atomic E-state index is 0.596. The summed E-state index contributed by atoms with van der Waals surface area (Å²) in [4.78, 5) is 4.15. The number of hydrogen-bond acceptors (Lipinski definition) is 1. The molecule has 2 rings (SSSR count). The fourth-order valence-corrected chi connectivity index (χ4v) is 2.22. The molecule has 0 radical (unpaired) electrons. The lowest BCUT2D eigenvalue weighted by molar-refractivity contribution is 0.674. The Bertz CT molecular complexity index is 462. The highest BCUT2D eigenvalue weighted by atomic mass is 14.6. The van der Waals surface area contributed by atoms with Crippen molar-refractivity contribution in [2.45, 2.75) is 32.6 Å². The number of benzene rings is 1. The van der Waals surface area contributed by atoms with Gasteiger partial charge in [0.05, 0.1) is 0 Å². The van der Waals surface area contributed by atoms with Gasteiger partial charge in [-0.15, -0.1) is 0 Å². The smallest absolute Gasteiger partial charge is 0.0299 e. The Labute approximate surface area is 104 Å². The topological polar surface area (TPSA) is 12.9 Å². The van der Waals surface area contributed by atoms with E-state index in [4.69, 9.17) is 0 Å². The maximum atomic E-state index is 4.15. The molecule has 1 aromatic carbocycles. The van der Waals surface area contributed by atoms with Gasteiger partial charge in [0.1, 0.15) is 0 Å². The summed E-state index contributed by atoms with van der Waals surface area (Å²) in [5, 5.41) is 0. The number of hydrogen-bond donors (Lipinski definition) is 0.